The Morgan fingerprint density at radius 3 is 2.58 bits per heavy atom. The van der Waals surface area contributed by atoms with Crippen molar-refractivity contribution in [1.82, 2.24) is 0 Å². The summed E-state index contributed by atoms with van der Waals surface area (Å²) < 4.78 is 0. The van der Waals surface area contributed by atoms with Gasteiger partial charge in [0.25, 0.3) is 0 Å². The molecular weight excluding hydrogens is 152 g/mol. The van der Waals surface area contributed by atoms with Gasteiger partial charge in [-0.3, -0.25) is 0 Å². The highest BCUT2D eigenvalue weighted by Gasteiger charge is 2.07. The maximum Gasteiger partial charge on any atom is 0.170 e. The third kappa shape index (κ3) is 9.30. The Hall–Kier alpha value is -0.700. The maximum absolute atomic E-state index is 9.14. The summed E-state index contributed by atoms with van der Waals surface area (Å²) >= 11 is 0. The molecule has 1 N–H and O–H groups in total. The first-order chi connectivity index (χ1) is 5.56. The van der Waals surface area contributed by atoms with Crippen molar-refractivity contribution in [2.75, 3.05) is 6.54 Å². The van der Waals surface area contributed by atoms with E-state index in [4.69, 9.17) is 5.11 Å². The fourth-order valence-electron chi connectivity index (χ4n) is 0.694. The van der Waals surface area contributed by atoms with Gasteiger partial charge in [0.1, 0.15) is 0 Å². The van der Waals surface area contributed by atoms with Gasteiger partial charge in [-0.1, -0.05) is 6.08 Å². The van der Waals surface area contributed by atoms with E-state index in [2.05, 4.69) is 16.8 Å². The van der Waals surface area contributed by atoms with E-state index in [1.807, 2.05) is 6.08 Å². The molecule has 0 fully saturated rings. The van der Waals surface area contributed by atoms with E-state index in [1.54, 1.807) is 13.8 Å². The molecule has 0 radical (unpaired) electrons. The minimum absolute atomic E-state index is 0.692. The van der Waals surface area contributed by atoms with Crippen LogP contribution < -0.4 is 0 Å². The van der Waals surface area contributed by atoms with E-state index in [-0.39, 0.29) is 0 Å². The first-order valence-corrected chi connectivity index (χ1v) is 4.28. The van der Waals surface area contributed by atoms with Crippen molar-refractivity contribution < 1.29 is 5.11 Å². The standard InChI is InChI=1S/C9H18N2O/c1-4-5-6-7-8-10-11-9(2,3)12/h4,12H,1,5-8H2,2-3H3. The number of allylic oxidation sites excluding steroid dienone is 1. The second kappa shape index (κ2) is 5.89. The van der Waals surface area contributed by atoms with Gasteiger partial charge in [-0.15, -0.1) is 6.58 Å². The summed E-state index contributed by atoms with van der Waals surface area (Å²) in [6.45, 7) is 7.54. The molecule has 12 heavy (non-hydrogen) atoms. The van der Waals surface area contributed by atoms with Gasteiger partial charge in [-0.05, 0) is 33.1 Å². The lowest BCUT2D eigenvalue weighted by Gasteiger charge is -2.07. The van der Waals surface area contributed by atoms with Gasteiger partial charge >= 0.3 is 0 Å². The summed E-state index contributed by atoms with van der Waals surface area (Å²) in [6, 6.07) is 0. The van der Waals surface area contributed by atoms with Gasteiger partial charge < -0.3 is 5.11 Å². The normalized spacial score (nSPS) is 12.2. The highest BCUT2D eigenvalue weighted by molar-refractivity contribution is 4.65. The largest absolute Gasteiger partial charge is 0.368 e. The molecule has 3 heteroatoms. The Labute approximate surface area is 74.2 Å². The Bertz CT molecular complexity index is 147. The van der Waals surface area contributed by atoms with Crippen molar-refractivity contribution in [2.24, 2.45) is 10.2 Å². The molecule has 0 aliphatic heterocycles. The molecule has 0 aromatic rings. The molecule has 0 rings (SSSR count). The Morgan fingerprint density at radius 2 is 2.08 bits per heavy atom. The van der Waals surface area contributed by atoms with Crippen molar-refractivity contribution in [3.8, 4) is 0 Å². The molecule has 0 unspecified atom stereocenters. The van der Waals surface area contributed by atoms with Gasteiger partial charge in [0, 0.05) is 0 Å². The molecule has 0 heterocycles. The summed E-state index contributed by atoms with van der Waals surface area (Å²) in [7, 11) is 0. The molecule has 0 aliphatic rings. The number of hydrogen-bond acceptors (Lipinski definition) is 3. The summed E-state index contributed by atoms with van der Waals surface area (Å²) in [5, 5.41) is 16.7. The molecule has 0 aromatic carbocycles. The molecule has 0 aliphatic carbocycles. The minimum Gasteiger partial charge on any atom is -0.368 e. The van der Waals surface area contributed by atoms with Crippen molar-refractivity contribution in [2.45, 2.75) is 38.8 Å². The fourth-order valence-corrected chi connectivity index (χ4v) is 0.694. The van der Waals surface area contributed by atoms with Crippen LogP contribution in [-0.2, 0) is 0 Å². The molecule has 0 amide bonds. The van der Waals surface area contributed by atoms with E-state index in [0.29, 0.717) is 6.54 Å². The lowest BCUT2D eigenvalue weighted by molar-refractivity contribution is 0.0816. The molecule has 0 bridgehead atoms. The first-order valence-electron chi connectivity index (χ1n) is 4.28. The van der Waals surface area contributed by atoms with Gasteiger partial charge in [0.05, 0.1) is 6.54 Å². The SMILES string of the molecule is C=CCCCCN=NC(C)(C)O. The predicted molar refractivity (Wildman–Crippen MR) is 50.1 cm³/mol. The molecule has 0 atom stereocenters. The van der Waals surface area contributed by atoms with Crippen LogP contribution in [0.15, 0.2) is 22.9 Å². The van der Waals surface area contributed by atoms with E-state index in [0.717, 1.165) is 19.3 Å². The number of nitrogens with zero attached hydrogens (tertiary/aromatic N) is 2. The first kappa shape index (κ1) is 11.3. The zero-order valence-corrected chi connectivity index (χ0v) is 7.95. The molecule has 0 aromatic heterocycles. The van der Waals surface area contributed by atoms with Crippen LogP contribution in [0.2, 0.25) is 0 Å². The number of rotatable bonds is 6. The second-order valence-electron chi connectivity index (χ2n) is 3.24. The number of aliphatic hydroxyl groups is 1. The molecule has 0 spiro atoms. The monoisotopic (exact) mass is 170 g/mol. The van der Waals surface area contributed by atoms with Gasteiger partial charge in [0.15, 0.2) is 5.72 Å². The predicted octanol–water partition coefficient (Wildman–Crippen LogP) is 2.52. The zero-order chi connectivity index (χ0) is 9.45. The average Bonchev–Trinajstić information content (AvgIpc) is 1.94. The summed E-state index contributed by atoms with van der Waals surface area (Å²) in [5.41, 5.74) is -1.02. The summed E-state index contributed by atoms with van der Waals surface area (Å²) in [5.74, 6) is 0. The van der Waals surface area contributed by atoms with Crippen molar-refractivity contribution in [3.63, 3.8) is 0 Å². The minimum atomic E-state index is -1.02. The lowest BCUT2D eigenvalue weighted by atomic mass is 10.2. The Morgan fingerprint density at radius 1 is 1.42 bits per heavy atom. The smallest absolute Gasteiger partial charge is 0.170 e. The number of hydrogen-bond donors (Lipinski definition) is 1. The van der Waals surface area contributed by atoms with Crippen LogP contribution in [0.25, 0.3) is 0 Å². The van der Waals surface area contributed by atoms with Gasteiger partial charge in [-0.2, -0.15) is 10.2 Å². The summed E-state index contributed by atoms with van der Waals surface area (Å²) in [4.78, 5) is 0. The number of azo groups is 1. The van der Waals surface area contributed by atoms with E-state index < -0.39 is 5.72 Å². The quantitative estimate of drug-likeness (QED) is 0.371. The van der Waals surface area contributed by atoms with Crippen LogP contribution in [0.1, 0.15) is 33.1 Å². The molecule has 0 saturated carbocycles. The van der Waals surface area contributed by atoms with Crippen LogP contribution in [0, 0.1) is 0 Å². The maximum atomic E-state index is 9.14. The Kier molecular flexibility index (Phi) is 5.54. The molecule has 0 saturated heterocycles. The average molecular weight is 170 g/mol. The highest BCUT2D eigenvalue weighted by atomic mass is 16.3. The third-order valence-electron chi connectivity index (χ3n) is 1.23. The lowest BCUT2D eigenvalue weighted by Crippen LogP contribution is -2.13. The Balaban J connectivity index is 3.30. The highest BCUT2D eigenvalue weighted by Crippen LogP contribution is 2.04. The summed E-state index contributed by atoms with van der Waals surface area (Å²) in [6.07, 6.45) is 5.02. The molecule has 70 valence electrons. The van der Waals surface area contributed by atoms with Crippen LogP contribution in [0.5, 0.6) is 0 Å². The second-order valence-corrected chi connectivity index (χ2v) is 3.24. The van der Waals surface area contributed by atoms with Crippen LogP contribution in [0.3, 0.4) is 0 Å². The van der Waals surface area contributed by atoms with E-state index in [1.165, 1.54) is 0 Å². The van der Waals surface area contributed by atoms with Gasteiger partial charge in [-0.25, -0.2) is 0 Å². The zero-order valence-electron chi connectivity index (χ0n) is 7.95. The third-order valence-corrected chi connectivity index (χ3v) is 1.23. The molecule has 3 nitrogen and oxygen atoms in total. The van der Waals surface area contributed by atoms with Crippen LogP contribution >= 0.6 is 0 Å². The number of unbranched alkanes of at least 4 members (excludes halogenated alkanes) is 2. The van der Waals surface area contributed by atoms with Gasteiger partial charge in [0.2, 0.25) is 0 Å². The van der Waals surface area contributed by atoms with Crippen molar-refractivity contribution >= 4 is 0 Å². The van der Waals surface area contributed by atoms with Crippen molar-refractivity contribution in [3.05, 3.63) is 12.7 Å². The fraction of sp³-hybridized carbons (Fsp3) is 0.778. The molecular formula is C9H18N2O. The van der Waals surface area contributed by atoms with E-state index >= 15 is 0 Å². The van der Waals surface area contributed by atoms with E-state index in [9.17, 15) is 0 Å². The van der Waals surface area contributed by atoms with Crippen LogP contribution in [0.4, 0.5) is 0 Å². The van der Waals surface area contributed by atoms with Crippen molar-refractivity contribution in [1.29, 1.82) is 0 Å². The van der Waals surface area contributed by atoms with Crippen LogP contribution in [-0.4, -0.2) is 17.4 Å². The topological polar surface area (TPSA) is 45.0 Å².